The molecule has 0 aliphatic rings. The second kappa shape index (κ2) is 8.81. The molecule has 0 aliphatic carbocycles. The summed E-state index contributed by atoms with van der Waals surface area (Å²) in [6, 6.07) is 14.9. The van der Waals surface area contributed by atoms with Gasteiger partial charge in [0, 0.05) is 35.9 Å². The van der Waals surface area contributed by atoms with Crippen LogP contribution in [0.3, 0.4) is 0 Å². The first kappa shape index (κ1) is 23.0. The van der Waals surface area contributed by atoms with E-state index in [2.05, 4.69) is 29.9 Å². The van der Waals surface area contributed by atoms with E-state index in [0.717, 1.165) is 16.5 Å². The minimum absolute atomic E-state index is 0.228. The lowest BCUT2D eigenvalue weighted by Crippen LogP contribution is -2.04. The van der Waals surface area contributed by atoms with Gasteiger partial charge in [-0.25, -0.2) is 15.0 Å². The molecule has 0 unspecified atom stereocenters. The summed E-state index contributed by atoms with van der Waals surface area (Å²) in [7, 11) is 1.54. The van der Waals surface area contributed by atoms with Gasteiger partial charge in [0.1, 0.15) is 17.1 Å². The number of rotatable bonds is 5. The lowest BCUT2D eigenvalue weighted by Gasteiger charge is -2.11. The highest BCUT2D eigenvalue weighted by Crippen LogP contribution is 2.37. The van der Waals surface area contributed by atoms with E-state index in [1.54, 1.807) is 30.5 Å². The Labute approximate surface area is 203 Å². The number of benzene rings is 2. The molecule has 0 saturated carbocycles. The molecule has 0 aliphatic heterocycles. The number of fused-ring (bicyclic) bond motifs is 1. The maximum Gasteiger partial charge on any atom is 0.434 e. The maximum atomic E-state index is 13.0. The monoisotopic (exact) mass is 494 g/mol. The van der Waals surface area contributed by atoms with E-state index in [-0.39, 0.29) is 5.82 Å². The Morgan fingerprint density at radius 1 is 1.00 bits per heavy atom. The van der Waals surface area contributed by atoms with Crippen molar-refractivity contribution in [3.63, 3.8) is 0 Å². The summed E-state index contributed by atoms with van der Waals surface area (Å²) in [4.78, 5) is 13.1. The molecule has 0 bridgehead atoms. The van der Waals surface area contributed by atoms with Crippen molar-refractivity contribution in [1.82, 2.24) is 19.5 Å². The van der Waals surface area contributed by atoms with E-state index in [1.807, 2.05) is 23.6 Å². The van der Waals surface area contributed by atoms with Crippen molar-refractivity contribution in [2.24, 2.45) is 7.05 Å². The van der Waals surface area contributed by atoms with Gasteiger partial charge >= 0.3 is 6.18 Å². The number of hydrogen-bond acceptors (Lipinski definition) is 5. The topological polar surface area (TPSA) is 52.8 Å². The summed E-state index contributed by atoms with van der Waals surface area (Å²) < 4.78 is 47.3. The van der Waals surface area contributed by atoms with Crippen LogP contribution in [-0.2, 0) is 13.2 Å². The number of ether oxygens (including phenoxy) is 1. The fourth-order valence-electron chi connectivity index (χ4n) is 3.88. The van der Waals surface area contributed by atoms with E-state index in [9.17, 15) is 13.2 Å². The van der Waals surface area contributed by atoms with Crippen molar-refractivity contribution in [3.05, 3.63) is 77.6 Å². The standard InChI is InChI=1S/C26H21F3N4OS/c1-15(2)18-6-4-5-7-19(18)24-30-12-21-23(32-24)20(14-35-21)34-17-10-8-16(9-11-17)25-31-22(13-33(25)3)26(27,28)29/h4-15H,1-3H3. The number of aryl methyl sites for hydroxylation is 1. The largest absolute Gasteiger partial charge is 0.454 e. The number of imidazole rings is 1. The summed E-state index contributed by atoms with van der Waals surface area (Å²) >= 11 is 1.48. The van der Waals surface area contributed by atoms with Gasteiger partial charge in [0.2, 0.25) is 0 Å². The van der Waals surface area contributed by atoms with Gasteiger partial charge in [0.15, 0.2) is 17.3 Å². The van der Waals surface area contributed by atoms with Crippen LogP contribution in [0.4, 0.5) is 13.2 Å². The second-order valence-electron chi connectivity index (χ2n) is 8.43. The van der Waals surface area contributed by atoms with Crippen LogP contribution in [0.5, 0.6) is 11.5 Å². The van der Waals surface area contributed by atoms with Crippen molar-refractivity contribution in [2.45, 2.75) is 25.9 Å². The Hall–Kier alpha value is -3.72. The van der Waals surface area contributed by atoms with Crippen LogP contribution in [-0.4, -0.2) is 19.5 Å². The SMILES string of the molecule is CC(C)c1ccccc1-c1ncc2scc(Oc3ccc(-c4nc(C(F)(F)F)cn4C)cc3)c2n1. The van der Waals surface area contributed by atoms with Gasteiger partial charge in [-0.05, 0) is 35.7 Å². The maximum absolute atomic E-state index is 13.0. The number of aromatic nitrogens is 4. The Kier molecular flexibility index (Phi) is 5.80. The molecule has 0 radical (unpaired) electrons. The molecule has 9 heteroatoms. The molecular weight excluding hydrogens is 473 g/mol. The fourth-order valence-corrected chi connectivity index (χ4v) is 4.65. The summed E-state index contributed by atoms with van der Waals surface area (Å²) in [5, 5.41) is 1.87. The van der Waals surface area contributed by atoms with E-state index < -0.39 is 11.9 Å². The average Bonchev–Trinajstić information content (AvgIpc) is 3.43. The van der Waals surface area contributed by atoms with Crippen LogP contribution in [0.2, 0.25) is 0 Å². The zero-order valence-corrected chi connectivity index (χ0v) is 20.0. The summed E-state index contributed by atoms with van der Waals surface area (Å²) in [6.45, 7) is 4.27. The lowest BCUT2D eigenvalue weighted by molar-refractivity contribution is -0.140. The van der Waals surface area contributed by atoms with Crippen LogP contribution >= 0.6 is 11.3 Å². The first-order chi connectivity index (χ1) is 16.7. The van der Waals surface area contributed by atoms with Gasteiger partial charge in [-0.2, -0.15) is 13.2 Å². The van der Waals surface area contributed by atoms with E-state index in [4.69, 9.17) is 9.72 Å². The Morgan fingerprint density at radius 3 is 2.43 bits per heavy atom. The van der Waals surface area contributed by atoms with Gasteiger partial charge < -0.3 is 9.30 Å². The Bertz CT molecular complexity index is 1500. The summed E-state index contributed by atoms with van der Waals surface area (Å²) in [5.74, 6) is 2.33. The third-order valence-electron chi connectivity index (χ3n) is 5.61. The summed E-state index contributed by atoms with van der Waals surface area (Å²) in [6.07, 6.45) is -1.71. The highest BCUT2D eigenvalue weighted by atomic mass is 32.1. The van der Waals surface area contributed by atoms with Crippen LogP contribution in [0.15, 0.2) is 66.3 Å². The molecule has 0 saturated heterocycles. The van der Waals surface area contributed by atoms with Gasteiger partial charge in [-0.3, -0.25) is 0 Å². The normalized spacial score (nSPS) is 12.0. The second-order valence-corrected chi connectivity index (χ2v) is 9.34. The first-order valence-corrected chi connectivity index (χ1v) is 11.8. The van der Waals surface area contributed by atoms with Gasteiger partial charge in [-0.1, -0.05) is 38.1 Å². The Balaban J connectivity index is 1.44. The number of nitrogens with zero attached hydrogens (tertiary/aromatic N) is 4. The minimum atomic E-state index is -4.49. The predicted octanol–water partition coefficient (Wildman–Crippen LogP) is 7.69. The molecule has 178 valence electrons. The van der Waals surface area contributed by atoms with Crippen LogP contribution in [0.25, 0.3) is 33.0 Å². The van der Waals surface area contributed by atoms with Gasteiger partial charge in [-0.15, -0.1) is 11.3 Å². The van der Waals surface area contributed by atoms with E-state index in [1.165, 1.54) is 28.5 Å². The van der Waals surface area contributed by atoms with Crippen molar-refractivity contribution in [3.8, 4) is 34.3 Å². The van der Waals surface area contributed by atoms with Crippen molar-refractivity contribution < 1.29 is 17.9 Å². The number of thiophene rings is 1. The molecule has 5 aromatic rings. The molecule has 35 heavy (non-hydrogen) atoms. The molecule has 5 nitrogen and oxygen atoms in total. The molecule has 0 N–H and O–H groups in total. The van der Waals surface area contributed by atoms with Gasteiger partial charge in [0.25, 0.3) is 0 Å². The van der Waals surface area contributed by atoms with Crippen LogP contribution in [0.1, 0.15) is 31.0 Å². The predicted molar refractivity (Wildman–Crippen MR) is 131 cm³/mol. The first-order valence-electron chi connectivity index (χ1n) is 10.9. The minimum Gasteiger partial charge on any atom is -0.454 e. The summed E-state index contributed by atoms with van der Waals surface area (Å²) in [5.41, 5.74) is 2.50. The molecular formula is C26H21F3N4OS. The third-order valence-corrected chi connectivity index (χ3v) is 6.50. The molecule has 5 rings (SSSR count). The highest BCUT2D eigenvalue weighted by Gasteiger charge is 2.34. The fraction of sp³-hybridized carbons (Fsp3) is 0.192. The van der Waals surface area contributed by atoms with Crippen molar-refractivity contribution >= 4 is 21.6 Å². The zero-order chi connectivity index (χ0) is 24.7. The lowest BCUT2D eigenvalue weighted by atomic mass is 9.97. The van der Waals surface area contributed by atoms with Crippen molar-refractivity contribution in [2.75, 3.05) is 0 Å². The number of halogens is 3. The molecule has 3 aromatic heterocycles. The van der Waals surface area contributed by atoms with E-state index >= 15 is 0 Å². The molecule has 0 fully saturated rings. The average molecular weight is 495 g/mol. The van der Waals surface area contributed by atoms with Crippen LogP contribution < -0.4 is 4.74 Å². The van der Waals surface area contributed by atoms with E-state index in [0.29, 0.717) is 34.3 Å². The molecule has 3 heterocycles. The Morgan fingerprint density at radius 2 is 1.74 bits per heavy atom. The van der Waals surface area contributed by atoms with Crippen molar-refractivity contribution in [1.29, 1.82) is 0 Å². The molecule has 2 aromatic carbocycles. The smallest absolute Gasteiger partial charge is 0.434 e. The highest BCUT2D eigenvalue weighted by molar-refractivity contribution is 7.17. The number of alkyl halides is 3. The quantitative estimate of drug-likeness (QED) is 0.251. The molecule has 0 amide bonds. The van der Waals surface area contributed by atoms with Gasteiger partial charge in [0.05, 0.1) is 4.70 Å². The third kappa shape index (κ3) is 4.51. The zero-order valence-electron chi connectivity index (χ0n) is 19.2. The molecule has 0 atom stereocenters. The van der Waals surface area contributed by atoms with Crippen LogP contribution in [0, 0.1) is 0 Å². The number of hydrogen-bond donors (Lipinski definition) is 0. The molecule has 0 spiro atoms.